The molecule has 2 atom stereocenters. The predicted molar refractivity (Wildman–Crippen MR) is 169 cm³/mol. The molecule has 4 aromatic rings. The maximum Gasteiger partial charge on any atom is 0.258 e. The quantitative estimate of drug-likeness (QED) is 0.227. The Bertz CT molecular complexity index is 1770. The van der Waals surface area contributed by atoms with Gasteiger partial charge < -0.3 is 15.2 Å². The number of pyridine rings is 1. The average Bonchev–Trinajstić information content (AvgIpc) is 3.68. The van der Waals surface area contributed by atoms with Crippen molar-refractivity contribution in [1.29, 1.82) is 0 Å². The summed E-state index contributed by atoms with van der Waals surface area (Å²) in [6, 6.07) is 16.1. The van der Waals surface area contributed by atoms with Crippen molar-refractivity contribution in [3.05, 3.63) is 93.7 Å². The van der Waals surface area contributed by atoms with Crippen LogP contribution < -0.4 is 16.2 Å². The zero-order valence-electron chi connectivity index (χ0n) is 25.5. The number of benzene rings is 2. The highest BCUT2D eigenvalue weighted by Gasteiger charge is 2.52. The molecule has 2 aromatic carbocycles. The highest BCUT2D eigenvalue weighted by Crippen LogP contribution is 2.42. The van der Waals surface area contributed by atoms with Gasteiger partial charge in [0.05, 0.1) is 5.69 Å². The van der Waals surface area contributed by atoms with Crippen molar-refractivity contribution in [1.82, 2.24) is 20.1 Å². The van der Waals surface area contributed by atoms with Crippen molar-refractivity contribution in [3.8, 4) is 22.3 Å². The summed E-state index contributed by atoms with van der Waals surface area (Å²) in [5.41, 5.74) is 6.31. The largest absolute Gasteiger partial charge is 0.341 e. The Kier molecular flexibility index (Phi) is 7.73. The van der Waals surface area contributed by atoms with Crippen LogP contribution in [0.2, 0.25) is 0 Å². The van der Waals surface area contributed by atoms with E-state index < -0.39 is 17.6 Å². The molecule has 2 aliphatic carbocycles. The zero-order chi connectivity index (χ0) is 31.2. The number of rotatable bonds is 8. The lowest BCUT2D eigenvalue weighted by Gasteiger charge is -2.33. The van der Waals surface area contributed by atoms with Crippen LogP contribution in [0.5, 0.6) is 0 Å². The average molecular weight is 596 g/mol. The van der Waals surface area contributed by atoms with Crippen LogP contribution in [-0.4, -0.2) is 38.3 Å². The highest BCUT2D eigenvalue weighted by atomic mass is 19.1. The molecule has 2 aromatic heterocycles. The standard InChI is InChI=1S/C35H38FN5O3/c1-20(2)41-19-26(12-15-30(41)42)25-9-8-23-6-5-7-28(29(23)18-25)32(38-34(44)35(36)16-17-35)33(43)37-27-13-10-24(11-14-27)31-21(3)39-40-22(31)4/h8-15,18-20,28,32H,5-7,16-17H2,1-4H3,(H,37,43)(H,38,44)(H,39,40)/t28-,32+/m1/s1. The second kappa shape index (κ2) is 11.5. The molecule has 0 spiro atoms. The number of halogens is 1. The smallest absolute Gasteiger partial charge is 0.258 e. The molecule has 8 nitrogen and oxygen atoms in total. The summed E-state index contributed by atoms with van der Waals surface area (Å²) in [5.74, 6) is -1.47. The molecule has 0 aliphatic heterocycles. The summed E-state index contributed by atoms with van der Waals surface area (Å²) < 4.78 is 16.6. The molecule has 2 aliphatic rings. The second-order valence-corrected chi connectivity index (χ2v) is 12.5. The number of carbonyl (C=O) groups excluding carboxylic acids is 2. The van der Waals surface area contributed by atoms with E-state index in [0.29, 0.717) is 12.1 Å². The Morgan fingerprint density at radius 3 is 2.39 bits per heavy atom. The van der Waals surface area contributed by atoms with Gasteiger partial charge in [0.15, 0.2) is 5.67 Å². The van der Waals surface area contributed by atoms with Gasteiger partial charge in [-0.25, -0.2) is 4.39 Å². The third-order valence-electron chi connectivity index (χ3n) is 8.97. The summed E-state index contributed by atoms with van der Waals surface area (Å²) in [5, 5.41) is 13.1. The van der Waals surface area contributed by atoms with Crippen LogP contribution >= 0.6 is 0 Å². The van der Waals surface area contributed by atoms with Gasteiger partial charge in [0.2, 0.25) is 5.91 Å². The van der Waals surface area contributed by atoms with E-state index in [2.05, 4.69) is 33.0 Å². The highest BCUT2D eigenvalue weighted by molar-refractivity contribution is 6.00. The van der Waals surface area contributed by atoms with Crippen molar-refractivity contribution >= 4 is 17.5 Å². The number of fused-ring (bicyclic) bond motifs is 1. The minimum Gasteiger partial charge on any atom is -0.341 e. The van der Waals surface area contributed by atoms with Crippen LogP contribution in [0.4, 0.5) is 10.1 Å². The van der Waals surface area contributed by atoms with Gasteiger partial charge >= 0.3 is 0 Å². The summed E-state index contributed by atoms with van der Waals surface area (Å²) in [6.45, 7) is 7.83. The van der Waals surface area contributed by atoms with E-state index in [1.165, 1.54) is 0 Å². The lowest BCUT2D eigenvalue weighted by Crippen LogP contribution is -2.51. The van der Waals surface area contributed by atoms with Crippen LogP contribution in [0.25, 0.3) is 22.3 Å². The molecule has 0 unspecified atom stereocenters. The molecule has 44 heavy (non-hydrogen) atoms. The predicted octanol–water partition coefficient (Wildman–Crippen LogP) is 6.15. The maximum absolute atomic E-state index is 14.9. The number of amides is 2. The lowest BCUT2D eigenvalue weighted by atomic mass is 9.77. The number of anilines is 1. The number of nitrogens with one attached hydrogen (secondary N) is 3. The Labute approximate surface area is 256 Å². The van der Waals surface area contributed by atoms with Crippen LogP contribution in [-0.2, 0) is 16.0 Å². The van der Waals surface area contributed by atoms with Crippen LogP contribution in [0, 0.1) is 13.8 Å². The molecule has 2 heterocycles. The number of aromatic nitrogens is 3. The minimum absolute atomic E-state index is 0.00774. The van der Waals surface area contributed by atoms with E-state index in [1.807, 2.05) is 70.3 Å². The molecule has 0 bridgehead atoms. The number of aryl methyl sites for hydroxylation is 3. The van der Waals surface area contributed by atoms with Gasteiger partial charge in [0.25, 0.3) is 11.5 Å². The van der Waals surface area contributed by atoms with Crippen LogP contribution in [0.3, 0.4) is 0 Å². The van der Waals surface area contributed by atoms with E-state index >= 15 is 0 Å². The van der Waals surface area contributed by atoms with E-state index in [1.54, 1.807) is 10.6 Å². The van der Waals surface area contributed by atoms with Gasteiger partial charge in [-0.1, -0.05) is 30.3 Å². The normalized spacial score (nSPS) is 17.5. The third-order valence-corrected chi connectivity index (χ3v) is 8.97. The summed E-state index contributed by atoms with van der Waals surface area (Å²) in [7, 11) is 0. The van der Waals surface area contributed by atoms with Gasteiger partial charge in [0, 0.05) is 41.2 Å². The topological polar surface area (TPSA) is 109 Å². The molecule has 9 heteroatoms. The molecule has 0 radical (unpaired) electrons. The first kappa shape index (κ1) is 29.5. The second-order valence-electron chi connectivity index (χ2n) is 12.5. The van der Waals surface area contributed by atoms with Crippen molar-refractivity contribution in [2.75, 3.05) is 5.32 Å². The molecular formula is C35H38FN5O3. The molecule has 6 rings (SSSR count). The summed E-state index contributed by atoms with van der Waals surface area (Å²) >= 11 is 0. The van der Waals surface area contributed by atoms with E-state index in [4.69, 9.17) is 0 Å². The van der Waals surface area contributed by atoms with Crippen LogP contribution in [0.15, 0.2) is 65.6 Å². The third kappa shape index (κ3) is 5.70. The molecule has 2 amide bonds. The molecule has 0 saturated heterocycles. The lowest BCUT2D eigenvalue weighted by molar-refractivity contribution is -0.131. The SMILES string of the molecule is Cc1n[nH]c(C)c1-c1ccc(NC(=O)[C@@H](NC(=O)C2(F)CC2)[C@@H]2CCCc3ccc(-c4ccc(=O)n(C(C)C)c4)cc32)cc1. The summed E-state index contributed by atoms with van der Waals surface area (Å²) in [4.78, 5) is 39.3. The Morgan fingerprint density at radius 2 is 1.73 bits per heavy atom. The number of alkyl halides is 1. The fourth-order valence-electron chi connectivity index (χ4n) is 6.31. The molecular weight excluding hydrogens is 557 g/mol. The monoisotopic (exact) mass is 595 g/mol. The van der Waals surface area contributed by atoms with Gasteiger partial charge in [-0.15, -0.1) is 0 Å². The molecule has 1 fully saturated rings. The van der Waals surface area contributed by atoms with Crippen molar-refractivity contribution in [2.45, 2.75) is 83.5 Å². The zero-order valence-corrected chi connectivity index (χ0v) is 25.5. The number of carbonyl (C=O) groups is 2. The Morgan fingerprint density at radius 1 is 1.02 bits per heavy atom. The first-order valence-corrected chi connectivity index (χ1v) is 15.3. The van der Waals surface area contributed by atoms with Gasteiger partial charge in [0.1, 0.15) is 6.04 Å². The van der Waals surface area contributed by atoms with E-state index in [9.17, 15) is 18.8 Å². The first-order chi connectivity index (χ1) is 21.0. The Hall–Kier alpha value is -4.53. The first-order valence-electron chi connectivity index (χ1n) is 15.3. The summed E-state index contributed by atoms with van der Waals surface area (Å²) in [6.07, 6.45) is 4.54. The maximum atomic E-state index is 14.9. The van der Waals surface area contributed by atoms with Gasteiger partial charge in [-0.3, -0.25) is 19.5 Å². The van der Waals surface area contributed by atoms with Crippen molar-refractivity contribution in [3.63, 3.8) is 0 Å². The molecule has 3 N–H and O–H groups in total. The number of hydrogen-bond acceptors (Lipinski definition) is 4. The number of nitrogens with zero attached hydrogens (tertiary/aromatic N) is 2. The number of H-pyrrole nitrogens is 1. The number of hydrogen-bond donors (Lipinski definition) is 3. The van der Waals surface area contributed by atoms with Crippen molar-refractivity contribution in [2.24, 2.45) is 0 Å². The fraction of sp³-hybridized carbons (Fsp3) is 0.371. The van der Waals surface area contributed by atoms with Crippen molar-refractivity contribution < 1.29 is 14.0 Å². The molecule has 228 valence electrons. The van der Waals surface area contributed by atoms with E-state index in [-0.39, 0.29) is 36.3 Å². The van der Waals surface area contributed by atoms with Gasteiger partial charge in [-0.2, -0.15) is 5.10 Å². The Balaban J connectivity index is 1.32. The molecule has 1 saturated carbocycles. The minimum atomic E-state index is -1.91. The number of aromatic amines is 1. The fourth-order valence-corrected chi connectivity index (χ4v) is 6.31. The van der Waals surface area contributed by atoms with E-state index in [0.717, 1.165) is 57.6 Å². The van der Waals surface area contributed by atoms with Gasteiger partial charge in [-0.05, 0) is 106 Å². The van der Waals surface area contributed by atoms with Crippen LogP contribution in [0.1, 0.15) is 74.0 Å².